The number of methoxy groups -OCH3 is 4. The maximum atomic E-state index is 11.2. The van der Waals surface area contributed by atoms with Crippen LogP contribution in [0.25, 0.3) is 9.69 Å². The van der Waals surface area contributed by atoms with Crippen molar-refractivity contribution in [1.29, 1.82) is 10.5 Å². The van der Waals surface area contributed by atoms with E-state index in [0.29, 0.717) is 84.5 Å². The summed E-state index contributed by atoms with van der Waals surface area (Å²) >= 11 is 0. The molecule has 0 saturated carbocycles. The highest BCUT2D eigenvalue weighted by Crippen LogP contribution is 2.66. The Bertz CT molecular complexity index is 4950. The van der Waals surface area contributed by atoms with Crippen LogP contribution in [-0.4, -0.2) is 28.4 Å². The Morgan fingerprint density at radius 3 is 0.819 bits per heavy atom. The summed E-state index contributed by atoms with van der Waals surface area (Å²) in [5.74, 6) is 5.65. The van der Waals surface area contributed by atoms with Gasteiger partial charge in [0.2, 0.25) is 0 Å². The van der Waals surface area contributed by atoms with Crippen molar-refractivity contribution in [3.8, 4) is 127 Å². The van der Waals surface area contributed by atoms with E-state index in [1.165, 1.54) is 0 Å². The van der Waals surface area contributed by atoms with Gasteiger partial charge in [-0.15, -0.1) is 26.3 Å². The highest BCUT2D eigenvalue weighted by atomic mass is 16.6. The van der Waals surface area contributed by atoms with E-state index in [9.17, 15) is 10.5 Å². The number of rotatable bonds is 28. The standard InChI is InChI=1S/C89H76N4O12/c1-15-23-55-35-39-69(77(43-55)94-11)98-65-27-19-29-67(59(65)51-90)100-81-47-61-63(49-83(81)101-68-30-20-28-66(60(68)52-91)99-70-40-36-56(24-16-2)44-78(70)95-12)89(53-87(61,5)6)54-88(7,8)62-48-82(104-75-33-21-31-73(85(75)92-9)102-71-41-37-57(25-17-3)45-79(71)96-13)84(50-64(62)89)105-76-34-22-32-74(86(76)93-10)103-72-42-38-58(26-18-4)46-80(72)97-14/h15-22,27-50H,1-4,23-26,53-54H2,5-8,11-14H3. The first-order chi connectivity index (χ1) is 50.9. The molecule has 1 atom stereocenters. The molecule has 0 N–H and O–H groups in total. The molecule has 0 bridgehead atoms. The number of para-hydroxylation sites is 2. The Balaban J connectivity index is 1.03. The lowest BCUT2D eigenvalue weighted by molar-refractivity contribution is 0.349. The van der Waals surface area contributed by atoms with Crippen molar-refractivity contribution in [2.45, 2.75) is 82.5 Å². The summed E-state index contributed by atoms with van der Waals surface area (Å²) in [7, 11) is 6.21. The minimum Gasteiger partial charge on any atom is -0.493 e. The maximum absolute atomic E-state index is 11.2. The number of benzene rings is 10. The normalized spacial score (nSPS) is 13.9. The van der Waals surface area contributed by atoms with Crippen LogP contribution in [0.1, 0.15) is 96.2 Å². The molecule has 0 radical (unpaired) electrons. The summed E-state index contributed by atoms with van der Waals surface area (Å²) in [6, 6.07) is 55.3. The second kappa shape index (κ2) is 30.5. The van der Waals surface area contributed by atoms with Gasteiger partial charge in [0.05, 0.1) is 41.6 Å². The van der Waals surface area contributed by atoms with E-state index in [1.807, 2.05) is 72.8 Å². The van der Waals surface area contributed by atoms with E-state index >= 15 is 0 Å². The monoisotopic (exact) mass is 1390 g/mol. The Labute approximate surface area is 612 Å². The third-order valence-corrected chi connectivity index (χ3v) is 18.7. The van der Waals surface area contributed by atoms with Crippen molar-refractivity contribution in [2.24, 2.45) is 0 Å². The first kappa shape index (κ1) is 71.5. The molecule has 10 aromatic rings. The van der Waals surface area contributed by atoms with E-state index in [4.69, 9.17) is 70.0 Å². The Hall–Kier alpha value is -13.3. The summed E-state index contributed by atoms with van der Waals surface area (Å²) in [4.78, 5) is 8.03. The number of hydrogen-bond donors (Lipinski definition) is 0. The molecule has 0 saturated heterocycles. The lowest BCUT2D eigenvalue weighted by Gasteiger charge is -2.31. The van der Waals surface area contributed by atoms with Crippen LogP contribution in [0.5, 0.6) is 115 Å². The molecule has 0 aliphatic heterocycles. The first-order valence-corrected chi connectivity index (χ1v) is 33.9. The van der Waals surface area contributed by atoms with Crippen molar-refractivity contribution < 1.29 is 56.8 Å². The molecule has 10 aromatic carbocycles. The molecular weight excluding hydrogens is 1320 g/mol. The minimum absolute atomic E-state index is 0.0595. The summed E-state index contributed by atoms with van der Waals surface area (Å²) in [6.45, 7) is 41.6. The fraction of sp³-hybridized carbons (Fsp3) is 0.191. The molecule has 0 heterocycles. The predicted octanol–water partition coefficient (Wildman–Crippen LogP) is 23.5. The first-order valence-electron chi connectivity index (χ1n) is 33.9. The second-order valence-corrected chi connectivity index (χ2v) is 26.5. The van der Waals surface area contributed by atoms with Gasteiger partial charge >= 0.3 is 0 Å². The zero-order valence-electron chi connectivity index (χ0n) is 59.7. The summed E-state index contributed by atoms with van der Waals surface area (Å²) < 4.78 is 77.6. The van der Waals surface area contributed by atoms with Crippen LogP contribution < -0.4 is 56.8 Å². The fourth-order valence-electron chi connectivity index (χ4n) is 14.1. The molecule has 2 aliphatic carbocycles. The van der Waals surface area contributed by atoms with Crippen molar-refractivity contribution >= 4 is 11.4 Å². The van der Waals surface area contributed by atoms with Crippen LogP contribution in [-0.2, 0) is 41.9 Å². The average Bonchev–Trinajstić information content (AvgIpc) is 1.52. The van der Waals surface area contributed by atoms with Gasteiger partial charge in [0.25, 0.3) is 11.4 Å². The van der Waals surface area contributed by atoms with Crippen molar-refractivity contribution in [3.63, 3.8) is 0 Å². The zero-order valence-corrected chi connectivity index (χ0v) is 59.7. The quantitative estimate of drug-likeness (QED) is 0.0336. The van der Waals surface area contributed by atoms with Gasteiger partial charge in [-0.05, 0) is 215 Å². The number of allylic oxidation sites excluding steroid dienone is 4. The number of nitriles is 2. The van der Waals surface area contributed by atoms with Crippen LogP contribution in [0.2, 0.25) is 0 Å². The van der Waals surface area contributed by atoms with Gasteiger partial charge in [0, 0.05) is 5.41 Å². The van der Waals surface area contributed by atoms with E-state index in [0.717, 1.165) is 44.5 Å². The van der Waals surface area contributed by atoms with Gasteiger partial charge in [-0.25, -0.2) is 9.69 Å². The van der Waals surface area contributed by atoms with E-state index in [-0.39, 0.29) is 91.5 Å². The summed E-state index contributed by atoms with van der Waals surface area (Å²) in [5.41, 5.74) is 5.72. The zero-order chi connectivity index (χ0) is 74.2. The Kier molecular flexibility index (Phi) is 20.8. The Morgan fingerprint density at radius 1 is 0.333 bits per heavy atom. The van der Waals surface area contributed by atoms with Crippen molar-refractivity contribution in [2.75, 3.05) is 28.4 Å². The minimum atomic E-state index is -0.828. The largest absolute Gasteiger partial charge is 0.493 e. The highest BCUT2D eigenvalue weighted by molar-refractivity contribution is 5.74. The fourth-order valence-corrected chi connectivity index (χ4v) is 14.1. The molecule has 0 fully saturated rings. The molecule has 12 rings (SSSR count). The Morgan fingerprint density at radius 2 is 0.571 bits per heavy atom. The highest BCUT2D eigenvalue weighted by Gasteiger charge is 2.57. The third kappa shape index (κ3) is 14.4. The third-order valence-electron chi connectivity index (χ3n) is 18.7. The summed E-state index contributed by atoms with van der Waals surface area (Å²) in [5, 5.41) is 22.3. The number of ether oxygens (including phenoxy) is 12. The van der Waals surface area contributed by atoms with Crippen LogP contribution in [0.15, 0.2) is 220 Å². The molecule has 0 aromatic heterocycles. The van der Waals surface area contributed by atoms with Gasteiger partial charge in [-0.3, -0.25) is 0 Å². The van der Waals surface area contributed by atoms with Crippen LogP contribution in [0.4, 0.5) is 11.4 Å². The molecule has 105 heavy (non-hydrogen) atoms. The topological polar surface area (TPSA) is 167 Å². The van der Waals surface area contributed by atoms with E-state index in [2.05, 4.69) is 75.8 Å². The lowest BCUT2D eigenvalue weighted by Crippen LogP contribution is -2.27. The van der Waals surface area contributed by atoms with Crippen LogP contribution in [0.3, 0.4) is 0 Å². The van der Waals surface area contributed by atoms with Crippen LogP contribution in [0, 0.1) is 35.8 Å². The van der Waals surface area contributed by atoms with Gasteiger partial charge in [-0.2, -0.15) is 10.5 Å². The lowest BCUT2D eigenvalue weighted by atomic mass is 9.72. The van der Waals surface area contributed by atoms with Gasteiger partial charge < -0.3 is 56.8 Å². The van der Waals surface area contributed by atoms with Crippen molar-refractivity contribution in [1.82, 2.24) is 0 Å². The van der Waals surface area contributed by atoms with Gasteiger partial charge in [0.15, 0.2) is 69.0 Å². The van der Waals surface area contributed by atoms with Crippen molar-refractivity contribution in [3.05, 3.63) is 299 Å². The van der Waals surface area contributed by atoms with E-state index < -0.39 is 16.2 Å². The number of hydrogen-bond acceptors (Lipinski definition) is 14. The molecule has 2 aliphatic rings. The molecule has 1 spiro atoms. The molecule has 16 nitrogen and oxygen atoms in total. The predicted molar refractivity (Wildman–Crippen MR) is 405 cm³/mol. The van der Waals surface area contributed by atoms with Crippen LogP contribution >= 0.6 is 0 Å². The molecular formula is C89H76N4O12. The number of nitrogens with zero attached hydrogens (tertiary/aromatic N) is 4. The van der Waals surface area contributed by atoms with Gasteiger partial charge in [-0.1, -0.05) is 101 Å². The molecule has 16 heteroatoms. The second-order valence-electron chi connectivity index (χ2n) is 26.5. The maximum Gasteiger partial charge on any atom is 0.270 e. The van der Waals surface area contributed by atoms with Gasteiger partial charge in [0.1, 0.15) is 69.3 Å². The summed E-state index contributed by atoms with van der Waals surface area (Å²) in [6.07, 6.45) is 10.7. The average molecular weight is 1390 g/mol. The van der Waals surface area contributed by atoms with E-state index in [1.54, 1.807) is 150 Å². The smallest absolute Gasteiger partial charge is 0.270 e. The SMILES string of the molecule is [C-]#[N+]c1c(Oc2ccc(CC=C)cc2OC)cccc1Oc1cc2c(cc1Oc1cccc(Oc3ccc(CC=C)cc3OC)c1[N+]#[C-])C1(CC(C)(C)c3cc(Oc4cccc(Oc5ccc(CC=C)cc5OC)c4C#N)c(Oc4cccc(Oc5ccc(CC=C)cc5OC)c4C#N)cc31)CC2(C)C. The molecule has 0 amide bonds. The molecule has 524 valence electrons. The molecule has 1 unspecified atom stereocenters. The number of fused-ring (bicyclic) bond motifs is 4.